The normalized spacial score (nSPS) is 36.1. The molecule has 0 aromatic rings. The van der Waals surface area contributed by atoms with E-state index in [1.807, 2.05) is 0 Å². The summed E-state index contributed by atoms with van der Waals surface area (Å²) in [4.78, 5) is 10.6. The number of carboxylic acids is 1. The maximum Gasteiger partial charge on any atom is 0.303 e. The van der Waals surface area contributed by atoms with Gasteiger partial charge in [0.05, 0.1) is 6.42 Å². The van der Waals surface area contributed by atoms with Crippen molar-refractivity contribution in [3.8, 4) is 0 Å². The van der Waals surface area contributed by atoms with E-state index in [0.29, 0.717) is 6.54 Å². The smallest absolute Gasteiger partial charge is 0.303 e. The molecule has 3 N–H and O–H groups in total. The van der Waals surface area contributed by atoms with E-state index in [4.69, 9.17) is 10.8 Å². The van der Waals surface area contributed by atoms with Gasteiger partial charge < -0.3 is 10.8 Å². The van der Waals surface area contributed by atoms with Gasteiger partial charge in [-0.15, -0.1) is 0 Å². The van der Waals surface area contributed by atoms with Gasteiger partial charge in [-0.05, 0) is 43.1 Å². The first-order valence-corrected chi connectivity index (χ1v) is 4.57. The Morgan fingerprint density at radius 2 is 2.08 bits per heavy atom. The number of hydrogen-bond donors (Lipinski definition) is 2. The minimum Gasteiger partial charge on any atom is -0.481 e. The first kappa shape index (κ1) is 8.05. The van der Waals surface area contributed by atoms with E-state index in [9.17, 15) is 4.79 Å². The molecule has 2 aliphatic carbocycles. The van der Waals surface area contributed by atoms with Gasteiger partial charge in [0, 0.05) is 0 Å². The molecular formula is C9H15NO2. The minimum absolute atomic E-state index is 0.0422. The van der Waals surface area contributed by atoms with Crippen molar-refractivity contribution in [2.45, 2.75) is 25.7 Å². The van der Waals surface area contributed by atoms with Crippen molar-refractivity contribution in [2.24, 2.45) is 23.0 Å². The lowest BCUT2D eigenvalue weighted by Crippen LogP contribution is -2.31. The second kappa shape index (κ2) is 2.46. The van der Waals surface area contributed by atoms with Crippen molar-refractivity contribution < 1.29 is 9.90 Å². The molecule has 0 unspecified atom stereocenters. The van der Waals surface area contributed by atoms with Crippen molar-refractivity contribution in [3.63, 3.8) is 0 Å². The van der Waals surface area contributed by atoms with E-state index in [-0.39, 0.29) is 11.8 Å². The minimum atomic E-state index is -0.693. The summed E-state index contributed by atoms with van der Waals surface area (Å²) in [5.41, 5.74) is 5.59. The monoisotopic (exact) mass is 169 g/mol. The summed E-state index contributed by atoms with van der Waals surface area (Å²) in [7, 11) is 0. The fraction of sp³-hybridized carbons (Fsp3) is 0.889. The van der Waals surface area contributed by atoms with Crippen molar-refractivity contribution in [1.82, 2.24) is 0 Å². The number of carbonyl (C=O) groups is 1. The van der Waals surface area contributed by atoms with Crippen LogP contribution in [0.4, 0.5) is 0 Å². The van der Waals surface area contributed by atoms with E-state index in [1.165, 1.54) is 6.42 Å². The molecule has 0 aromatic heterocycles. The van der Waals surface area contributed by atoms with Crippen LogP contribution in [0.5, 0.6) is 0 Å². The molecule has 0 radical (unpaired) electrons. The van der Waals surface area contributed by atoms with Gasteiger partial charge in [0.15, 0.2) is 0 Å². The van der Waals surface area contributed by atoms with Gasteiger partial charge in [0.1, 0.15) is 0 Å². The molecule has 0 saturated heterocycles. The van der Waals surface area contributed by atoms with Crippen LogP contribution in [0, 0.1) is 17.3 Å². The second-order valence-corrected chi connectivity index (χ2v) is 4.44. The van der Waals surface area contributed by atoms with Crippen LogP contribution < -0.4 is 5.73 Å². The van der Waals surface area contributed by atoms with Crippen LogP contribution in [0.1, 0.15) is 25.7 Å². The number of hydrogen-bond acceptors (Lipinski definition) is 2. The molecule has 0 spiro atoms. The van der Waals surface area contributed by atoms with Gasteiger partial charge in [-0.2, -0.15) is 0 Å². The summed E-state index contributed by atoms with van der Waals surface area (Å²) in [5.74, 6) is 0.933. The summed E-state index contributed by atoms with van der Waals surface area (Å²) in [5, 5.41) is 8.72. The van der Waals surface area contributed by atoms with E-state index in [0.717, 1.165) is 24.7 Å². The summed E-state index contributed by atoms with van der Waals surface area (Å²) < 4.78 is 0. The van der Waals surface area contributed by atoms with Gasteiger partial charge in [0.25, 0.3) is 0 Å². The molecule has 3 nitrogen and oxygen atoms in total. The predicted octanol–water partition coefficient (Wildman–Crippen LogP) is 0.836. The molecule has 0 amide bonds. The van der Waals surface area contributed by atoms with Crippen LogP contribution in [0.25, 0.3) is 0 Å². The van der Waals surface area contributed by atoms with Crippen molar-refractivity contribution >= 4 is 5.97 Å². The Morgan fingerprint density at radius 3 is 2.50 bits per heavy atom. The third-order valence-corrected chi connectivity index (χ3v) is 3.42. The molecule has 0 aliphatic heterocycles. The number of carboxylic acid groups (broad SMARTS) is 1. The largest absolute Gasteiger partial charge is 0.481 e. The molecule has 2 fully saturated rings. The number of nitrogens with two attached hydrogens (primary N) is 1. The molecule has 0 heterocycles. The first-order valence-electron chi connectivity index (χ1n) is 4.57. The first-order chi connectivity index (χ1) is 5.65. The van der Waals surface area contributed by atoms with Gasteiger partial charge in [-0.25, -0.2) is 0 Å². The standard InChI is InChI=1S/C9H15NO2/c10-5-9(4-8(11)12)2-6-1-7(6)3-9/h6-7H,1-5,10H2,(H,11,12)/t6-,7-/m0/s1. The Morgan fingerprint density at radius 1 is 1.50 bits per heavy atom. The molecule has 12 heavy (non-hydrogen) atoms. The van der Waals surface area contributed by atoms with E-state index in [2.05, 4.69) is 0 Å². The molecule has 2 aliphatic rings. The lowest BCUT2D eigenvalue weighted by Gasteiger charge is -2.26. The Hall–Kier alpha value is -0.570. The quantitative estimate of drug-likeness (QED) is 0.658. The topological polar surface area (TPSA) is 63.3 Å². The lowest BCUT2D eigenvalue weighted by atomic mass is 9.80. The number of fused-ring (bicyclic) bond motifs is 1. The van der Waals surface area contributed by atoms with Gasteiger partial charge in [-0.1, -0.05) is 0 Å². The highest BCUT2D eigenvalue weighted by atomic mass is 16.4. The summed E-state index contributed by atoms with van der Waals surface area (Å²) >= 11 is 0. The van der Waals surface area contributed by atoms with Crippen LogP contribution in [-0.4, -0.2) is 17.6 Å². The van der Waals surface area contributed by atoms with Crippen molar-refractivity contribution in [3.05, 3.63) is 0 Å². The maximum atomic E-state index is 10.6. The van der Waals surface area contributed by atoms with E-state index >= 15 is 0 Å². The summed E-state index contributed by atoms with van der Waals surface area (Å²) in [6.07, 6.45) is 3.71. The Bertz CT molecular complexity index is 205. The highest BCUT2D eigenvalue weighted by molar-refractivity contribution is 5.67. The van der Waals surface area contributed by atoms with Crippen LogP contribution in [-0.2, 0) is 4.79 Å². The maximum absolute atomic E-state index is 10.6. The zero-order valence-electron chi connectivity index (χ0n) is 7.12. The predicted molar refractivity (Wildman–Crippen MR) is 44.6 cm³/mol. The molecule has 0 aromatic carbocycles. The number of aliphatic carboxylic acids is 1. The third kappa shape index (κ3) is 1.22. The fourth-order valence-electron chi connectivity index (χ4n) is 2.71. The van der Waals surface area contributed by atoms with Crippen LogP contribution in [0.15, 0.2) is 0 Å². The summed E-state index contributed by atoms with van der Waals surface area (Å²) in [6, 6.07) is 0. The Balaban J connectivity index is 2.00. The van der Waals surface area contributed by atoms with Gasteiger partial charge in [-0.3, -0.25) is 4.79 Å². The van der Waals surface area contributed by atoms with Crippen LogP contribution in [0.2, 0.25) is 0 Å². The van der Waals surface area contributed by atoms with E-state index in [1.54, 1.807) is 0 Å². The SMILES string of the molecule is NCC1(CC(=O)O)C[C@@H]2C[C@H]2C1. The molecule has 2 rings (SSSR count). The molecule has 0 bridgehead atoms. The van der Waals surface area contributed by atoms with Crippen LogP contribution in [0.3, 0.4) is 0 Å². The molecule has 2 atom stereocenters. The molecular weight excluding hydrogens is 154 g/mol. The number of rotatable bonds is 3. The third-order valence-electron chi connectivity index (χ3n) is 3.42. The van der Waals surface area contributed by atoms with Gasteiger partial charge >= 0.3 is 5.97 Å². The molecule has 3 heteroatoms. The van der Waals surface area contributed by atoms with Crippen molar-refractivity contribution in [2.75, 3.05) is 6.54 Å². The lowest BCUT2D eigenvalue weighted by molar-refractivity contribution is -0.139. The molecule has 2 saturated carbocycles. The van der Waals surface area contributed by atoms with Crippen LogP contribution >= 0.6 is 0 Å². The Kier molecular flexibility index (Phi) is 1.65. The van der Waals surface area contributed by atoms with Gasteiger partial charge in [0.2, 0.25) is 0 Å². The van der Waals surface area contributed by atoms with E-state index < -0.39 is 5.97 Å². The highest BCUT2D eigenvalue weighted by Crippen LogP contribution is 2.60. The molecule has 68 valence electrons. The Labute approximate surface area is 71.9 Å². The zero-order chi connectivity index (χ0) is 8.77. The zero-order valence-corrected chi connectivity index (χ0v) is 7.12. The average Bonchev–Trinajstić information content (AvgIpc) is 2.59. The highest BCUT2D eigenvalue weighted by Gasteiger charge is 2.53. The summed E-state index contributed by atoms with van der Waals surface area (Å²) in [6.45, 7) is 0.548. The van der Waals surface area contributed by atoms with Crippen molar-refractivity contribution in [1.29, 1.82) is 0 Å². The second-order valence-electron chi connectivity index (χ2n) is 4.44. The fourth-order valence-corrected chi connectivity index (χ4v) is 2.71. The average molecular weight is 169 g/mol.